The van der Waals surface area contributed by atoms with Gasteiger partial charge in [-0.1, -0.05) is 33.8 Å². The molecule has 146 valence electrons. The zero-order valence-corrected chi connectivity index (χ0v) is 16.4. The molecule has 0 saturated carbocycles. The van der Waals surface area contributed by atoms with Crippen LogP contribution in [0.15, 0.2) is 47.1 Å². The molecule has 0 atom stereocenters. The number of rotatable bonds is 9. The Bertz CT molecular complexity index is 728. The third-order valence-electron chi connectivity index (χ3n) is 3.72. The maximum Gasteiger partial charge on any atom is 0.291 e. The van der Waals surface area contributed by atoms with Gasteiger partial charge in [-0.15, -0.1) is 0 Å². The molecule has 1 aromatic carbocycles. The van der Waals surface area contributed by atoms with Crippen LogP contribution in [0, 0.1) is 11.8 Å². The van der Waals surface area contributed by atoms with Gasteiger partial charge in [0.2, 0.25) is 0 Å². The summed E-state index contributed by atoms with van der Waals surface area (Å²) in [6.07, 6.45) is 1.44. The van der Waals surface area contributed by atoms with Crippen LogP contribution in [0.25, 0.3) is 0 Å². The first-order valence-corrected chi connectivity index (χ1v) is 9.20. The van der Waals surface area contributed by atoms with Crippen molar-refractivity contribution in [3.63, 3.8) is 0 Å². The van der Waals surface area contributed by atoms with Crippen molar-refractivity contribution in [3.8, 4) is 5.75 Å². The smallest absolute Gasteiger partial charge is 0.291 e. The molecule has 0 aliphatic heterocycles. The molecule has 27 heavy (non-hydrogen) atoms. The normalized spacial score (nSPS) is 10.9. The lowest BCUT2D eigenvalue weighted by Crippen LogP contribution is -2.39. The summed E-state index contributed by atoms with van der Waals surface area (Å²) in [4.78, 5) is 26.4. The lowest BCUT2D eigenvalue weighted by molar-refractivity contribution is -0.134. The lowest BCUT2D eigenvalue weighted by atomic mass is 10.1. The molecule has 1 N–H and O–H groups in total. The largest absolute Gasteiger partial charge is 0.484 e. The van der Waals surface area contributed by atoms with Crippen molar-refractivity contribution in [2.45, 2.75) is 27.7 Å². The predicted molar refractivity (Wildman–Crippen MR) is 105 cm³/mol. The summed E-state index contributed by atoms with van der Waals surface area (Å²) in [5.74, 6) is 1.17. The van der Waals surface area contributed by atoms with Gasteiger partial charge >= 0.3 is 0 Å². The van der Waals surface area contributed by atoms with E-state index in [9.17, 15) is 9.59 Å². The second-order valence-corrected chi connectivity index (χ2v) is 7.33. The van der Waals surface area contributed by atoms with Crippen molar-refractivity contribution < 1.29 is 18.7 Å². The zero-order chi connectivity index (χ0) is 19.8. The van der Waals surface area contributed by atoms with Gasteiger partial charge in [0.15, 0.2) is 12.4 Å². The van der Waals surface area contributed by atoms with E-state index >= 15 is 0 Å². The molecule has 0 fully saturated rings. The van der Waals surface area contributed by atoms with Gasteiger partial charge in [-0.2, -0.15) is 0 Å². The number of benzene rings is 1. The number of anilines is 1. The van der Waals surface area contributed by atoms with Crippen LogP contribution in [0.4, 0.5) is 5.69 Å². The van der Waals surface area contributed by atoms with Crippen molar-refractivity contribution in [3.05, 3.63) is 48.4 Å². The standard InChI is InChI=1S/C21H28N2O4/c1-15(2)12-23(13-16(3)4)20(24)14-27-18-8-5-7-17(11-18)22-21(25)19-9-6-10-26-19/h5-11,15-16H,12-14H2,1-4H3,(H,22,25). The van der Waals surface area contributed by atoms with E-state index in [1.807, 2.05) is 4.90 Å². The Hall–Kier alpha value is -2.76. The summed E-state index contributed by atoms with van der Waals surface area (Å²) in [5.41, 5.74) is 0.572. The molecule has 1 heterocycles. The van der Waals surface area contributed by atoms with Gasteiger partial charge in [0.05, 0.1) is 6.26 Å². The highest BCUT2D eigenvalue weighted by atomic mass is 16.5. The van der Waals surface area contributed by atoms with Crippen molar-refractivity contribution in [2.75, 3.05) is 25.0 Å². The van der Waals surface area contributed by atoms with E-state index in [1.165, 1.54) is 6.26 Å². The van der Waals surface area contributed by atoms with Crippen molar-refractivity contribution >= 4 is 17.5 Å². The van der Waals surface area contributed by atoms with E-state index in [4.69, 9.17) is 9.15 Å². The Balaban J connectivity index is 1.94. The van der Waals surface area contributed by atoms with Crippen LogP contribution in [0.1, 0.15) is 38.2 Å². The maximum atomic E-state index is 12.5. The average Bonchev–Trinajstić information content (AvgIpc) is 3.13. The highest BCUT2D eigenvalue weighted by Gasteiger charge is 2.17. The van der Waals surface area contributed by atoms with Crippen LogP contribution < -0.4 is 10.1 Å². The van der Waals surface area contributed by atoms with Crippen molar-refractivity contribution in [2.24, 2.45) is 11.8 Å². The number of nitrogens with one attached hydrogen (secondary N) is 1. The molecule has 2 amide bonds. The topological polar surface area (TPSA) is 71.8 Å². The predicted octanol–water partition coefficient (Wildman–Crippen LogP) is 4.05. The molecule has 0 aliphatic rings. The van der Waals surface area contributed by atoms with E-state index in [-0.39, 0.29) is 24.2 Å². The van der Waals surface area contributed by atoms with Crippen LogP contribution in [-0.4, -0.2) is 36.4 Å². The van der Waals surface area contributed by atoms with E-state index in [2.05, 4.69) is 33.0 Å². The third-order valence-corrected chi connectivity index (χ3v) is 3.72. The Kier molecular flexibility index (Phi) is 7.46. The molecule has 0 saturated heterocycles. The van der Waals surface area contributed by atoms with E-state index in [0.717, 1.165) is 0 Å². The van der Waals surface area contributed by atoms with Gasteiger partial charge in [-0.05, 0) is 36.1 Å². The number of carbonyl (C=O) groups excluding carboxylic acids is 2. The number of hydrogen-bond donors (Lipinski definition) is 1. The summed E-state index contributed by atoms with van der Waals surface area (Å²) in [6, 6.07) is 10.2. The Morgan fingerprint density at radius 1 is 1.07 bits per heavy atom. The summed E-state index contributed by atoms with van der Waals surface area (Å²) in [5, 5.41) is 2.74. The van der Waals surface area contributed by atoms with Crippen molar-refractivity contribution in [1.82, 2.24) is 4.90 Å². The highest BCUT2D eigenvalue weighted by Crippen LogP contribution is 2.18. The monoisotopic (exact) mass is 372 g/mol. The second-order valence-electron chi connectivity index (χ2n) is 7.33. The van der Waals surface area contributed by atoms with Gasteiger partial charge in [-0.25, -0.2) is 0 Å². The van der Waals surface area contributed by atoms with Gasteiger partial charge in [-0.3, -0.25) is 9.59 Å². The Morgan fingerprint density at radius 2 is 1.78 bits per heavy atom. The molecule has 0 spiro atoms. The molecule has 2 aromatic rings. The number of furan rings is 1. The first-order valence-electron chi connectivity index (χ1n) is 9.20. The van der Waals surface area contributed by atoms with E-state index < -0.39 is 0 Å². The summed E-state index contributed by atoms with van der Waals surface area (Å²) in [6.45, 7) is 9.74. The highest BCUT2D eigenvalue weighted by molar-refractivity contribution is 6.02. The minimum absolute atomic E-state index is 0.0327. The molecule has 0 radical (unpaired) electrons. The van der Waals surface area contributed by atoms with Crippen LogP contribution in [-0.2, 0) is 4.79 Å². The quantitative estimate of drug-likeness (QED) is 0.721. The van der Waals surface area contributed by atoms with Gasteiger partial charge in [0, 0.05) is 24.8 Å². The van der Waals surface area contributed by atoms with Crippen LogP contribution in [0.2, 0.25) is 0 Å². The fourth-order valence-electron chi connectivity index (χ4n) is 2.66. The molecular weight excluding hydrogens is 344 g/mol. The molecule has 0 aliphatic carbocycles. The zero-order valence-electron chi connectivity index (χ0n) is 16.4. The second kappa shape index (κ2) is 9.80. The minimum Gasteiger partial charge on any atom is -0.484 e. The SMILES string of the molecule is CC(C)CN(CC(C)C)C(=O)COc1cccc(NC(=O)c2ccco2)c1. The number of ether oxygens (including phenoxy) is 1. The Labute approximate surface area is 160 Å². The Morgan fingerprint density at radius 3 is 2.37 bits per heavy atom. The molecule has 6 heteroatoms. The van der Waals surface area contributed by atoms with Crippen LogP contribution >= 0.6 is 0 Å². The molecular formula is C21H28N2O4. The summed E-state index contributed by atoms with van der Waals surface area (Å²) in [7, 11) is 0. The summed E-state index contributed by atoms with van der Waals surface area (Å²) < 4.78 is 10.7. The summed E-state index contributed by atoms with van der Waals surface area (Å²) >= 11 is 0. The molecule has 0 bridgehead atoms. The lowest BCUT2D eigenvalue weighted by Gasteiger charge is -2.26. The number of carbonyl (C=O) groups is 2. The van der Waals surface area contributed by atoms with Gasteiger partial charge in [0.1, 0.15) is 5.75 Å². The average molecular weight is 372 g/mol. The van der Waals surface area contributed by atoms with Crippen molar-refractivity contribution in [1.29, 1.82) is 0 Å². The van der Waals surface area contributed by atoms with Crippen LogP contribution in [0.5, 0.6) is 5.75 Å². The fourth-order valence-corrected chi connectivity index (χ4v) is 2.66. The molecule has 1 aromatic heterocycles. The number of nitrogens with zero attached hydrogens (tertiary/aromatic N) is 1. The van der Waals surface area contributed by atoms with Crippen LogP contribution in [0.3, 0.4) is 0 Å². The first-order chi connectivity index (χ1) is 12.8. The van der Waals surface area contributed by atoms with E-state index in [0.29, 0.717) is 36.4 Å². The van der Waals surface area contributed by atoms with E-state index in [1.54, 1.807) is 36.4 Å². The minimum atomic E-state index is -0.340. The fraction of sp³-hybridized carbons (Fsp3) is 0.429. The number of hydrogen-bond acceptors (Lipinski definition) is 4. The molecule has 0 unspecified atom stereocenters. The first kappa shape index (κ1) is 20.6. The number of amides is 2. The third kappa shape index (κ3) is 6.81. The molecule has 6 nitrogen and oxygen atoms in total. The van der Waals surface area contributed by atoms with Gasteiger partial charge in [0.25, 0.3) is 11.8 Å². The maximum absolute atomic E-state index is 12.5. The molecule has 2 rings (SSSR count). The van der Waals surface area contributed by atoms with Gasteiger partial charge < -0.3 is 19.4 Å².